The molecule has 0 spiro atoms. The molecule has 0 saturated heterocycles. The van der Waals surface area contributed by atoms with Crippen LogP contribution in [0.3, 0.4) is 0 Å². The fourth-order valence-corrected chi connectivity index (χ4v) is 10.1. The maximum Gasteiger partial charge on any atom is 0.143 e. The minimum atomic E-state index is -0.523. The topological polar surface area (TPSA) is 16.4 Å². The van der Waals surface area contributed by atoms with Crippen molar-refractivity contribution < 1.29 is 4.42 Å². The van der Waals surface area contributed by atoms with Crippen molar-refractivity contribution in [2.24, 2.45) is 0 Å². The number of rotatable bonds is 8. The number of hydrogen-bond acceptors (Lipinski definition) is 2. The monoisotopic (exact) mass is 803 g/mol. The van der Waals surface area contributed by atoms with E-state index < -0.39 is 5.41 Å². The minimum absolute atomic E-state index is 0.523. The van der Waals surface area contributed by atoms with Crippen LogP contribution in [-0.2, 0) is 5.41 Å². The molecule has 63 heavy (non-hydrogen) atoms. The Morgan fingerprint density at radius 1 is 0.302 bits per heavy atom. The van der Waals surface area contributed by atoms with Crippen LogP contribution >= 0.6 is 0 Å². The van der Waals surface area contributed by atoms with Crippen LogP contribution in [0, 0.1) is 0 Å². The van der Waals surface area contributed by atoms with Crippen molar-refractivity contribution in [1.82, 2.24) is 0 Å². The number of fused-ring (bicyclic) bond motifs is 6. The predicted octanol–water partition coefficient (Wildman–Crippen LogP) is 16.4. The first-order chi connectivity index (χ1) is 31.2. The molecule has 0 radical (unpaired) electrons. The zero-order valence-corrected chi connectivity index (χ0v) is 34.5. The van der Waals surface area contributed by atoms with Crippen molar-refractivity contribution in [2.45, 2.75) is 5.41 Å². The van der Waals surface area contributed by atoms with Crippen molar-refractivity contribution in [2.75, 3.05) is 4.90 Å². The molecule has 0 unspecified atom stereocenters. The molecule has 1 aliphatic rings. The molecule has 0 saturated carbocycles. The van der Waals surface area contributed by atoms with Crippen molar-refractivity contribution in [3.63, 3.8) is 0 Å². The van der Waals surface area contributed by atoms with Crippen molar-refractivity contribution in [1.29, 1.82) is 0 Å². The minimum Gasteiger partial charge on any atom is -0.455 e. The van der Waals surface area contributed by atoms with E-state index in [9.17, 15) is 0 Å². The molecular formula is C61H41NO. The third-order valence-corrected chi connectivity index (χ3v) is 13.0. The van der Waals surface area contributed by atoms with E-state index in [4.69, 9.17) is 4.42 Å². The lowest BCUT2D eigenvalue weighted by Gasteiger charge is -2.35. The van der Waals surface area contributed by atoms with Gasteiger partial charge in [-0.2, -0.15) is 0 Å². The number of hydrogen-bond donors (Lipinski definition) is 0. The fraction of sp³-hybridized carbons (Fsp3) is 0.0164. The van der Waals surface area contributed by atoms with Crippen molar-refractivity contribution in [3.05, 3.63) is 271 Å². The molecule has 12 rings (SSSR count). The van der Waals surface area contributed by atoms with Crippen LogP contribution in [0.15, 0.2) is 253 Å². The van der Waals surface area contributed by atoms with E-state index >= 15 is 0 Å². The smallest absolute Gasteiger partial charge is 0.143 e. The van der Waals surface area contributed by atoms with Gasteiger partial charge in [-0.3, -0.25) is 0 Å². The normalized spacial score (nSPS) is 12.6. The summed E-state index contributed by atoms with van der Waals surface area (Å²) in [5, 5.41) is 2.25. The van der Waals surface area contributed by atoms with E-state index in [0.717, 1.165) is 50.1 Å². The number of para-hydroxylation sites is 2. The Balaban J connectivity index is 1.04. The van der Waals surface area contributed by atoms with Crippen LogP contribution in [0.25, 0.3) is 66.4 Å². The van der Waals surface area contributed by atoms with E-state index in [2.05, 4.69) is 248 Å². The summed E-state index contributed by atoms with van der Waals surface area (Å²) < 4.78 is 6.57. The van der Waals surface area contributed by atoms with Gasteiger partial charge in [-0.25, -0.2) is 0 Å². The molecule has 0 fully saturated rings. The average molecular weight is 804 g/mol. The molecule has 1 heterocycles. The van der Waals surface area contributed by atoms with E-state index in [-0.39, 0.29) is 0 Å². The SMILES string of the molecule is c1ccc(-c2ccc(-c3ccc(N(c4cccc(-c5cccc6c5oc5ccccc56)c4)c4ccc5c(c4)C(c4ccccc4)(c4ccccc4)c4ccccc4-5)cc3)cc2)cc1. The highest BCUT2D eigenvalue weighted by atomic mass is 16.3. The second-order valence-corrected chi connectivity index (χ2v) is 16.4. The molecule has 2 heteroatoms. The average Bonchev–Trinajstić information content (AvgIpc) is 3.89. The lowest BCUT2D eigenvalue weighted by molar-refractivity contribution is 0.670. The molecular weight excluding hydrogens is 763 g/mol. The summed E-state index contributed by atoms with van der Waals surface area (Å²) in [6.07, 6.45) is 0. The molecule has 0 amide bonds. The van der Waals surface area contributed by atoms with E-state index in [0.29, 0.717) is 0 Å². The summed E-state index contributed by atoms with van der Waals surface area (Å²) in [5.74, 6) is 0. The summed E-state index contributed by atoms with van der Waals surface area (Å²) in [7, 11) is 0. The van der Waals surface area contributed by atoms with Crippen LogP contribution in [0.4, 0.5) is 17.1 Å². The number of furan rings is 1. The molecule has 10 aromatic carbocycles. The quantitative estimate of drug-likeness (QED) is 0.152. The highest BCUT2D eigenvalue weighted by molar-refractivity contribution is 6.09. The van der Waals surface area contributed by atoms with Crippen molar-refractivity contribution in [3.8, 4) is 44.5 Å². The van der Waals surface area contributed by atoms with Gasteiger partial charge >= 0.3 is 0 Å². The van der Waals surface area contributed by atoms with Gasteiger partial charge in [0.05, 0.1) is 5.41 Å². The summed E-state index contributed by atoms with van der Waals surface area (Å²) in [5.41, 5.74) is 19.0. The van der Waals surface area contributed by atoms with Gasteiger partial charge in [0.2, 0.25) is 0 Å². The Bertz CT molecular complexity index is 3380. The molecule has 0 aliphatic heterocycles. The lowest BCUT2D eigenvalue weighted by Crippen LogP contribution is -2.28. The summed E-state index contributed by atoms with van der Waals surface area (Å²) in [6, 6.07) is 90.2. The molecule has 1 aromatic heterocycles. The number of benzene rings is 10. The predicted molar refractivity (Wildman–Crippen MR) is 262 cm³/mol. The van der Waals surface area contributed by atoms with Gasteiger partial charge in [0.25, 0.3) is 0 Å². The Morgan fingerprint density at radius 2 is 0.794 bits per heavy atom. The molecule has 296 valence electrons. The zero-order valence-electron chi connectivity index (χ0n) is 34.5. The van der Waals surface area contributed by atoms with Gasteiger partial charge in [0.1, 0.15) is 11.2 Å². The van der Waals surface area contributed by atoms with Gasteiger partial charge < -0.3 is 9.32 Å². The van der Waals surface area contributed by atoms with Crippen molar-refractivity contribution >= 4 is 39.0 Å². The Morgan fingerprint density at radius 3 is 1.51 bits per heavy atom. The van der Waals surface area contributed by atoms with Gasteiger partial charge in [-0.1, -0.05) is 206 Å². The first kappa shape index (κ1) is 36.6. The highest BCUT2D eigenvalue weighted by Gasteiger charge is 2.46. The third kappa shape index (κ3) is 6.02. The molecule has 1 aliphatic carbocycles. The second kappa shape index (κ2) is 15.1. The van der Waals surface area contributed by atoms with Crippen LogP contribution in [0.5, 0.6) is 0 Å². The Hall–Kier alpha value is -8.20. The summed E-state index contributed by atoms with van der Waals surface area (Å²) in [4.78, 5) is 2.41. The summed E-state index contributed by atoms with van der Waals surface area (Å²) >= 11 is 0. The van der Waals surface area contributed by atoms with Crippen LogP contribution in [-0.4, -0.2) is 0 Å². The molecule has 0 bridgehead atoms. The van der Waals surface area contributed by atoms with Gasteiger partial charge in [-0.05, 0) is 104 Å². The number of nitrogens with zero attached hydrogens (tertiary/aromatic N) is 1. The van der Waals surface area contributed by atoms with Crippen LogP contribution in [0.1, 0.15) is 22.3 Å². The van der Waals surface area contributed by atoms with Gasteiger partial charge in [-0.15, -0.1) is 0 Å². The molecule has 0 atom stereocenters. The largest absolute Gasteiger partial charge is 0.455 e. The van der Waals surface area contributed by atoms with E-state index in [1.54, 1.807) is 0 Å². The van der Waals surface area contributed by atoms with Crippen LogP contribution < -0.4 is 4.90 Å². The maximum atomic E-state index is 6.57. The van der Waals surface area contributed by atoms with Gasteiger partial charge in [0, 0.05) is 33.4 Å². The van der Waals surface area contributed by atoms with E-state index in [1.807, 2.05) is 6.07 Å². The Kier molecular flexibility index (Phi) is 8.76. The highest BCUT2D eigenvalue weighted by Crippen LogP contribution is 2.57. The third-order valence-electron chi connectivity index (χ3n) is 13.0. The molecule has 11 aromatic rings. The first-order valence-electron chi connectivity index (χ1n) is 21.7. The van der Waals surface area contributed by atoms with Gasteiger partial charge in [0.15, 0.2) is 0 Å². The number of anilines is 3. The standard InChI is InChI=1S/C61H41NO/c1-4-16-42(17-5-1)43-30-32-44(33-31-43)45-34-36-49(37-35-45)62(50-23-14-18-46(40-50)52-26-15-27-56-55-25-11-13-29-59(55)63-60(52)56)51-38-39-54-53-24-10-12-28-57(53)61(58(54)41-51,47-19-6-2-7-20-47)48-21-8-3-9-22-48/h1-41H. The maximum absolute atomic E-state index is 6.57. The lowest BCUT2D eigenvalue weighted by atomic mass is 9.67. The zero-order chi connectivity index (χ0) is 41.7. The fourth-order valence-electron chi connectivity index (χ4n) is 10.1. The first-order valence-corrected chi connectivity index (χ1v) is 21.7. The molecule has 2 nitrogen and oxygen atoms in total. The van der Waals surface area contributed by atoms with Crippen LogP contribution in [0.2, 0.25) is 0 Å². The second-order valence-electron chi connectivity index (χ2n) is 16.4. The van der Waals surface area contributed by atoms with E-state index in [1.165, 1.54) is 55.6 Å². The summed E-state index contributed by atoms with van der Waals surface area (Å²) in [6.45, 7) is 0. The Labute approximate surface area is 367 Å². The molecule has 0 N–H and O–H groups in total.